The van der Waals surface area contributed by atoms with Gasteiger partial charge in [-0.05, 0) is 24.5 Å². The van der Waals surface area contributed by atoms with Gasteiger partial charge in [0.15, 0.2) is 11.5 Å². The molecule has 0 amide bonds. The summed E-state index contributed by atoms with van der Waals surface area (Å²) in [6.45, 7) is 4.27. The molecule has 0 bridgehead atoms. The molecule has 1 rings (SSSR count). The molecule has 0 saturated heterocycles. The molecule has 2 atom stereocenters. The zero-order valence-corrected chi connectivity index (χ0v) is 13.8. The minimum absolute atomic E-state index is 0.219. The summed E-state index contributed by atoms with van der Waals surface area (Å²) in [5.41, 5.74) is 0.762. The van der Waals surface area contributed by atoms with Crippen LogP contribution in [0.15, 0.2) is 12.1 Å². The van der Waals surface area contributed by atoms with E-state index < -0.39 is 6.10 Å². The molecule has 0 fully saturated rings. The van der Waals surface area contributed by atoms with Crippen LogP contribution in [0.3, 0.4) is 0 Å². The lowest BCUT2D eigenvalue weighted by atomic mass is 9.88. The maximum Gasteiger partial charge on any atom is 0.203 e. The first kappa shape index (κ1) is 17.6. The SMILES string of the molecule is CCCCC(CC)C(O)c1ccc(OC)c(OC)c1OC. The molecule has 0 heterocycles. The highest BCUT2D eigenvalue weighted by Crippen LogP contribution is 2.44. The largest absolute Gasteiger partial charge is 0.493 e. The third-order valence-corrected chi connectivity index (χ3v) is 3.95. The average molecular weight is 296 g/mol. The van der Waals surface area contributed by atoms with Crippen LogP contribution in [0.4, 0.5) is 0 Å². The van der Waals surface area contributed by atoms with Crippen LogP contribution in [0, 0.1) is 5.92 Å². The number of hydrogen-bond acceptors (Lipinski definition) is 4. The summed E-state index contributed by atoms with van der Waals surface area (Å²) in [4.78, 5) is 0. The Kier molecular flexibility index (Phi) is 7.37. The van der Waals surface area contributed by atoms with Crippen LogP contribution < -0.4 is 14.2 Å². The second kappa shape index (κ2) is 8.78. The molecule has 4 nitrogen and oxygen atoms in total. The highest BCUT2D eigenvalue weighted by Gasteiger charge is 2.25. The molecule has 0 aromatic heterocycles. The molecule has 21 heavy (non-hydrogen) atoms. The van der Waals surface area contributed by atoms with Gasteiger partial charge in [0.2, 0.25) is 5.75 Å². The predicted octanol–water partition coefficient (Wildman–Crippen LogP) is 3.96. The lowest BCUT2D eigenvalue weighted by Crippen LogP contribution is -2.13. The summed E-state index contributed by atoms with van der Waals surface area (Å²) in [7, 11) is 4.74. The zero-order valence-electron chi connectivity index (χ0n) is 13.8. The fourth-order valence-corrected chi connectivity index (χ4v) is 2.66. The van der Waals surface area contributed by atoms with Crippen LogP contribution >= 0.6 is 0 Å². The van der Waals surface area contributed by atoms with E-state index in [1.54, 1.807) is 21.3 Å². The van der Waals surface area contributed by atoms with Gasteiger partial charge >= 0.3 is 0 Å². The van der Waals surface area contributed by atoms with Gasteiger partial charge < -0.3 is 19.3 Å². The molecule has 1 aromatic carbocycles. The fraction of sp³-hybridized carbons (Fsp3) is 0.647. The molecule has 0 radical (unpaired) electrons. The van der Waals surface area contributed by atoms with E-state index in [9.17, 15) is 5.11 Å². The Labute approximate surface area is 128 Å². The van der Waals surface area contributed by atoms with Crippen molar-refractivity contribution in [2.45, 2.75) is 45.6 Å². The predicted molar refractivity (Wildman–Crippen MR) is 84.4 cm³/mol. The van der Waals surface area contributed by atoms with Crippen molar-refractivity contribution in [2.75, 3.05) is 21.3 Å². The number of aliphatic hydroxyl groups excluding tert-OH is 1. The maximum atomic E-state index is 10.7. The Morgan fingerprint density at radius 2 is 1.67 bits per heavy atom. The van der Waals surface area contributed by atoms with Gasteiger partial charge in [-0.15, -0.1) is 0 Å². The van der Waals surface area contributed by atoms with Crippen molar-refractivity contribution in [3.05, 3.63) is 17.7 Å². The molecule has 0 aliphatic rings. The molecule has 1 aromatic rings. The first-order chi connectivity index (χ1) is 10.1. The first-order valence-corrected chi connectivity index (χ1v) is 7.61. The molecular formula is C17H28O4. The van der Waals surface area contributed by atoms with Gasteiger partial charge in [-0.1, -0.05) is 33.1 Å². The number of rotatable bonds is 9. The maximum absolute atomic E-state index is 10.7. The van der Waals surface area contributed by atoms with E-state index in [2.05, 4.69) is 13.8 Å². The topological polar surface area (TPSA) is 47.9 Å². The third-order valence-electron chi connectivity index (χ3n) is 3.95. The Morgan fingerprint density at radius 1 is 1.00 bits per heavy atom. The zero-order chi connectivity index (χ0) is 15.8. The van der Waals surface area contributed by atoms with Gasteiger partial charge in [0.05, 0.1) is 27.4 Å². The lowest BCUT2D eigenvalue weighted by Gasteiger charge is -2.25. The van der Waals surface area contributed by atoms with Crippen molar-refractivity contribution in [3.8, 4) is 17.2 Å². The van der Waals surface area contributed by atoms with Crippen molar-refractivity contribution >= 4 is 0 Å². The van der Waals surface area contributed by atoms with E-state index in [-0.39, 0.29) is 5.92 Å². The van der Waals surface area contributed by atoms with Crippen molar-refractivity contribution in [1.29, 1.82) is 0 Å². The number of ether oxygens (including phenoxy) is 3. The Balaban J connectivity index is 3.15. The summed E-state index contributed by atoms with van der Waals surface area (Å²) in [6, 6.07) is 3.67. The van der Waals surface area contributed by atoms with Crippen molar-refractivity contribution < 1.29 is 19.3 Å². The lowest BCUT2D eigenvalue weighted by molar-refractivity contribution is 0.0956. The summed E-state index contributed by atoms with van der Waals surface area (Å²) < 4.78 is 16.1. The molecular weight excluding hydrogens is 268 g/mol. The molecule has 0 saturated carbocycles. The standard InChI is InChI=1S/C17H28O4/c1-6-8-9-12(7-2)15(18)13-10-11-14(19-3)17(21-5)16(13)20-4/h10-12,15,18H,6-9H2,1-5H3. The summed E-state index contributed by atoms with van der Waals surface area (Å²) in [6.07, 6.45) is 3.62. The Bertz CT molecular complexity index is 431. The number of methoxy groups -OCH3 is 3. The summed E-state index contributed by atoms with van der Waals surface area (Å²) in [5, 5.41) is 10.7. The molecule has 0 aliphatic heterocycles. The van der Waals surface area contributed by atoms with Gasteiger partial charge in [-0.2, -0.15) is 0 Å². The van der Waals surface area contributed by atoms with Gasteiger partial charge in [-0.3, -0.25) is 0 Å². The van der Waals surface area contributed by atoms with E-state index in [0.717, 1.165) is 31.2 Å². The summed E-state index contributed by atoms with van der Waals surface area (Å²) >= 11 is 0. The minimum atomic E-state index is -0.559. The number of hydrogen-bond donors (Lipinski definition) is 1. The van der Waals surface area contributed by atoms with Crippen molar-refractivity contribution in [2.24, 2.45) is 5.92 Å². The number of aliphatic hydroxyl groups is 1. The molecule has 2 unspecified atom stereocenters. The molecule has 1 N–H and O–H groups in total. The van der Waals surface area contributed by atoms with Gasteiger partial charge in [0.25, 0.3) is 0 Å². The van der Waals surface area contributed by atoms with E-state index in [4.69, 9.17) is 14.2 Å². The van der Waals surface area contributed by atoms with Crippen LogP contribution in [0.2, 0.25) is 0 Å². The van der Waals surface area contributed by atoms with Gasteiger partial charge in [0.1, 0.15) is 0 Å². The Morgan fingerprint density at radius 3 is 2.14 bits per heavy atom. The highest BCUT2D eigenvalue weighted by atomic mass is 16.5. The van der Waals surface area contributed by atoms with E-state index in [0.29, 0.717) is 17.2 Å². The smallest absolute Gasteiger partial charge is 0.203 e. The second-order valence-corrected chi connectivity index (χ2v) is 5.18. The Hall–Kier alpha value is -1.42. The quantitative estimate of drug-likeness (QED) is 0.749. The van der Waals surface area contributed by atoms with Crippen molar-refractivity contribution in [3.63, 3.8) is 0 Å². The monoisotopic (exact) mass is 296 g/mol. The first-order valence-electron chi connectivity index (χ1n) is 7.61. The van der Waals surface area contributed by atoms with Gasteiger partial charge in [0, 0.05) is 5.56 Å². The minimum Gasteiger partial charge on any atom is -0.493 e. The molecule has 4 heteroatoms. The van der Waals surface area contributed by atoms with Crippen LogP contribution in [0.25, 0.3) is 0 Å². The summed E-state index contributed by atoms with van der Waals surface area (Å²) in [5.74, 6) is 1.91. The van der Waals surface area contributed by atoms with Gasteiger partial charge in [-0.25, -0.2) is 0 Å². The van der Waals surface area contributed by atoms with Crippen LogP contribution in [0.1, 0.15) is 51.2 Å². The van der Waals surface area contributed by atoms with Crippen LogP contribution in [-0.4, -0.2) is 26.4 Å². The van der Waals surface area contributed by atoms with Crippen molar-refractivity contribution in [1.82, 2.24) is 0 Å². The number of unbranched alkanes of at least 4 members (excludes halogenated alkanes) is 1. The van der Waals surface area contributed by atoms with E-state index in [1.807, 2.05) is 12.1 Å². The third kappa shape index (κ3) is 4.03. The molecule has 120 valence electrons. The fourth-order valence-electron chi connectivity index (χ4n) is 2.66. The van der Waals surface area contributed by atoms with E-state index in [1.165, 1.54) is 0 Å². The molecule has 0 aliphatic carbocycles. The van der Waals surface area contributed by atoms with Crippen LogP contribution in [0.5, 0.6) is 17.2 Å². The highest BCUT2D eigenvalue weighted by molar-refractivity contribution is 5.56. The van der Waals surface area contributed by atoms with Crippen LogP contribution in [-0.2, 0) is 0 Å². The number of benzene rings is 1. The second-order valence-electron chi connectivity index (χ2n) is 5.18. The normalized spacial score (nSPS) is 13.6. The average Bonchev–Trinajstić information content (AvgIpc) is 2.53. The molecule has 0 spiro atoms. The van der Waals surface area contributed by atoms with E-state index >= 15 is 0 Å².